The van der Waals surface area contributed by atoms with Crippen LogP contribution in [0.1, 0.15) is 5.56 Å². The molecule has 2 N–H and O–H groups in total. The Morgan fingerprint density at radius 2 is 1.89 bits per heavy atom. The lowest BCUT2D eigenvalue weighted by Crippen LogP contribution is -2.00. The molecule has 0 saturated heterocycles. The molecule has 2 aromatic rings. The molecule has 0 aliphatic heterocycles. The molecule has 0 amide bonds. The van der Waals surface area contributed by atoms with Crippen LogP contribution in [0, 0.1) is 5.82 Å². The Balaban J connectivity index is 2.16. The van der Waals surface area contributed by atoms with Crippen LogP contribution in [0.5, 0.6) is 11.5 Å². The minimum absolute atomic E-state index is 0.0115. The Bertz CT molecular complexity index is 529. The molecular formula is C14H14FNO2. The zero-order valence-corrected chi connectivity index (χ0v) is 10.0. The molecule has 3 nitrogen and oxygen atoms in total. The Kier molecular flexibility index (Phi) is 3.67. The maximum Gasteiger partial charge on any atom is 0.188 e. The van der Waals surface area contributed by atoms with Gasteiger partial charge in [0.05, 0.1) is 12.8 Å². The molecule has 0 aromatic heterocycles. The van der Waals surface area contributed by atoms with E-state index < -0.39 is 5.82 Å². The maximum atomic E-state index is 13.7. The summed E-state index contributed by atoms with van der Waals surface area (Å²) in [6.07, 6.45) is 0. The van der Waals surface area contributed by atoms with Crippen molar-refractivity contribution >= 4 is 5.69 Å². The first-order valence-corrected chi connectivity index (χ1v) is 5.50. The van der Waals surface area contributed by atoms with E-state index in [1.54, 1.807) is 0 Å². The van der Waals surface area contributed by atoms with Gasteiger partial charge in [0, 0.05) is 12.1 Å². The van der Waals surface area contributed by atoms with Gasteiger partial charge in [-0.2, -0.15) is 0 Å². The van der Waals surface area contributed by atoms with Crippen LogP contribution in [-0.4, -0.2) is 7.11 Å². The second-order valence-electron chi connectivity index (χ2n) is 3.80. The van der Waals surface area contributed by atoms with E-state index >= 15 is 0 Å². The SMILES string of the molecule is COc1cc(N)c(F)c(OCc2ccccc2)c1. The minimum Gasteiger partial charge on any atom is -0.497 e. The summed E-state index contributed by atoms with van der Waals surface area (Å²) in [4.78, 5) is 0. The van der Waals surface area contributed by atoms with Crippen molar-refractivity contribution in [3.8, 4) is 11.5 Å². The third kappa shape index (κ3) is 2.71. The third-order valence-corrected chi connectivity index (χ3v) is 2.51. The topological polar surface area (TPSA) is 44.5 Å². The van der Waals surface area contributed by atoms with E-state index in [0.717, 1.165) is 5.56 Å². The molecule has 0 fully saturated rings. The molecule has 0 aliphatic carbocycles. The first-order valence-electron chi connectivity index (χ1n) is 5.50. The average molecular weight is 247 g/mol. The fourth-order valence-electron chi connectivity index (χ4n) is 1.55. The molecule has 2 aromatic carbocycles. The highest BCUT2D eigenvalue weighted by atomic mass is 19.1. The van der Waals surface area contributed by atoms with Crippen molar-refractivity contribution in [1.29, 1.82) is 0 Å². The van der Waals surface area contributed by atoms with Crippen LogP contribution in [0.2, 0.25) is 0 Å². The molecule has 4 heteroatoms. The number of benzene rings is 2. The number of hydrogen-bond acceptors (Lipinski definition) is 3. The average Bonchev–Trinajstić information content (AvgIpc) is 2.41. The van der Waals surface area contributed by atoms with E-state index in [2.05, 4.69) is 0 Å². The lowest BCUT2D eigenvalue weighted by atomic mass is 10.2. The van der Waals surface area contributed by atoms with Crippen LogP contribution in [0.4, 0.5) is 10.1 Å². The summed E-state index contributed by atoms with van der Waals surface area (Å²) in [5.74, 6) is -0.000559. The van der Waals surface area contributed by atoms with Crippen molar-refractivity contribution in [2.45, 2.75) is 6.61 Å². The van der Waals surface area contributed by atoms with E-state index in [1.165, 1.54) is 19.2 Å². The molecule has 2 rings (SSSR count). The summed E-state index contributed by atoms with van der Waals surface area (Å²) in [7, 11) is 1.49. The van der Waals surface area contributed by atoms with Gasteiger partial charge in [-0.1, -0.05) is 30.3 Å². The molecule has 94 valence electrons. The van der Waals surface area contributed by atoms with E-state index in [0.29, 0.717) is 5.75 Å². The lowest BCUT2D eigenvalue weighted by molar-refractivity contribution is 0.288. The number of rotatable bonds is 4. The lowest BCUT2D eigenvalue weighted by Gasteiger charge is -2.10. The van der Waals surface area contributed by atoms with Gasteiger partial charge in [-0.3, -0.25) is 0 Å². The van der Waals surface area contributed by atoms with Gasteiger partial charge in [-0.25, -0.2) is 4.39 Å². The van der Waals surface area contributed by atoms with Crippen LogP contribution < -0.4 is 15.2 Å². The van der Waals surface area contributed by atoms with Crippen molar-refractivity contribution in [1.82, 2.24) is 0 Å². The second-order valence-corrected chi connectivity index (χ2v) is 3.80. The number of hydrogen-bond donors (Lipinski definition) is 1. The van der Waals surface area contributed by atoms with E-state index in [4.69, 9.17) is 15.2 Å². The highest BCUT2D eigenvalue weighted by Crippen LogP contribution is 2.29. The largest absolute Gasteiger partial charge is 0.497 e. The Hall–Kier alpha value is -2.23. The van der Waals surface area contributed by atoms with Crippen molar-refractivity contribution in [3.63, 3.8) is 0 Å². The van der Waals surface area contributed by atoms with Crippen molar-refractivity contribution in [3.05, 3.63) is 53.8 Å². The standard InChI is InChI=1S/C14H14FNO2/c1-17-11-7-12(16)14(15)13(8-11)18-9-10-5-3-2-4-6-10/h2-8H,9,16H2,1H3. The molecule has 0 atom stereocenters. The smallest absolute Gasteiger partial charge is 0.188 e. The van der Waals surface area contributed by atoms with Crippen LogP contribution in [0.15, 0.2) is 42.5 Å². The van der Waals surface area contributed by atoms with Crippen LogP contribution in [-0.2, 0) is 6.61 Å². The number of methoxy groups -OCH3 is 1. The maximum absolute atomic E-state index is 13.7. The van der Waals surface area contributed by atoms with Crippen LogP contribution in [0.25, 0.3) is 0 Å². The van der Waals surface area contributed by atoms with Gasteiger partial charge in [-0.05, 0) is 5.56 Å². The summed E-state index contributed by atoms with van der Waals surface area (Å²) in [6, 6.07) is 12.4. The molecule has 0 heterocycles. The van der Waals surface area contributed by atoms with Crippen molar-refractivity contribution < 1.29 is 13.9 Å². The van der Waals surface area contributed by atoms with E-state index in [-0.39, 0.29) is 18.0 Å². The number of nitrogen functional groups attached to an aromatic ring is 1. The number of ether oxygens (including phenoxy) is 2. The third-order valence-electron chi connectivity index (χ3n) is 2.51. The minimum atomic E-state index is -0.563. The van der Waals surface area contributed by atoms with Gasteiger partial charge in [0.25, 0.3) is 0 Å². The predicted molar refractivity (Wildman–Crippen MR) is 68.1 cm³/mol. The van der Waals surface area contributed by atoms with Gasteiger partial charge in [-0.15, -0.1) is 0 Å². The zero-order valence-electron chi connectivity index (χ0n) is 10.0. The van der Waals surface area contributed by atoms with Gasteiger partial charge in [0.15, 0.2) is 11.6 Å². The summed E-state index contributed by atoms with van der Waals surface area (Å²) in [5.41, 5.74) is 6.50. The molecule has 18 heavy (non-hydrogen) atoms. The number of halogens is 1. The molecule has 0 bridgehead atoms. The van der Waals surface area contributed by atoms with Crippen LogP contribution >= 0.6 is 0 Å². The zero-order chi connectivity index (χ0) is 13.0. The normalized spacial score (nSPS) is 10.1. The Morgan fingerprint density at radius 1 is 1.17 bits per heavy atom. The number of nitrogens with two attached hydrogens (primary N) is 1. The first kappa shape index (κ1) is 12.2. The number of anilines is 1. The summed E-state index contributed by atoms with van der Waals surface area (Å²) in [5, 5.41) is 0. The fraction of sp³-hybridized carbons (Fsp3) is 0.143. The highest BCUT2D eigenvalue weighted by Gasteiger charge is 2.10. The molecular weight excluding hydrogens is 233 g/mol. The van der Waals surface area contributed by atoms with Gasteiger partial charge in [0.2, 0.25) is 0 Å². The summed E-state index contributed by atoms with van der Waals surface area (Å²) >= 11 is 0. The van der Waals surface area contributed by atoms with E-state index in [9.17, 15) is 4.39 Å². The quantitative estimate of drug-likeness (QED) is 0.845. The predicted octanol–water partition coefficient (Wildman–Crippen LogP) is 3.00. The fourth-order valence-corrected chi connectivity index (χ4v) is 1.55. The monoisotopic (exact) mass is 247 g/mol. The first-order chi connectivity index (χ1) is 8.70. The Labute approximate surface area is 105 Å². The molecule has 0 radical (unpaired) electrons. The Morgan fingerprint density at radius 3 is 2.56 bits per heavy atom. The van der Waals surface area contributed by atoms with Crippen LogP contribution in [0.3, 0.4) is 0 Å². The highest BCUT2D eigenvalue weighted by molar-refractivity contribution is 5.52. The van der Waals surface area contributed by atoms with Gasteiger partial charge < -0.3 is 15.2 Å². The summed E-state index contributed by atoms with van der Waals surface area (Å²) < 4.78 is 24.1. The summed E-state index contributed by atoms with van der Waals surface area (Å²) in [6.45, 7) is 0.282. The molecule has 0 aliphatic rings. The molecule has 0 unspecified atom stereocenters. The van der Waals surface area contributed by atoms with Crippen molar-refractivity contribution in [2.24, 2.45) is 0 Å². The van der Waals surface area contributed by atoms with Gasteiger partial charge in [0.1, 0.15) is 12.4 Å². The van der Waals surface area contributed by atoms with Crippen molar-refractivity contribution in [2.75, 3.05) is 12.8 Å². The van der Waals surface area contributed by atoms with Gasteiger partial charge >= 0.3 is 0 Å². The van der Waals surface area contributed by atoms with E-state index in [1.807, 2.05) is 30.3 Å². The molecule has 0 saturated carbocycles. The second kappa shape index (κ2) is 5.40. The molecule has 0 spiro atoms.